The summed E-state index contributed by atoms with van der Waals surface area (Å²) in [5.41, 5.74) is 3.33. The Morgan fingerprint density at radius 3 is 2.41 bits per heavy atom. The van der Waals surface area contributed by atoms with Crippen molar-refractivity contribution in [2.24, 2.45) is 0 Å². The summed E-state index contributed by atoms with van der Waals surface area (Å²) in [6.07, 6.45) is 0. The largest absolute Gasteiger partial charge is 0.321 e. The molecule has 1 aliphatic rings. The van der Waals surface area contributed by atoms with E-state index >= 15 is 0 Å². The molecule has 3 aromatic rings. The lowest BCUT2D eigenvalue weighted by atomic mass is 10.1. The van der Waals surface area contributed by atoms with Crippen LogP contribution in [-0.2, 0) is 6.54 Å². The molecule has 0 atom stereocenters. The summed E-state index contributed by atoms with van der Waals surface area (Å²) in [6.45, 7) is 0.502. The number of halogens is 2. The average Bonchev–Trinajstić information content (AvgIpc) is 3.01. The van der Waals surface area contributed by atoms with Gasteiger partial charge in [-0.15, -0.1) is 0 Å². The lowest BCUT2D eigenvalue weighted by Crippen LogP contribution is -2.23. The lowest BCUT2D eigenvalue weighted by Gasteiger charge is -2.17. The highest BCUT2D eigenvalue weighted by Crippen LogP contribution is 2.33. The summed E-state index contributed by atoms with van der Waals surface area (Å²) >= 11 is 12.2. The fourth-order valence-electron chi connectivity index (χ4n) is 3.03. The van der Waals surface area contributed by atoms with E-state index in [1.807, 2.05) is 24.3 Å². The Morgan fingerprint density at radius 2 is 1.70 bits per heavy atom. The summed E-state index contributed by atoms with van der Waals surface area (Å²) in [7, 11) is 0. The smallest absolute Gasteiger partial charge is 0.258 e. The Morgan fingerprint density at radius 1 is 0.963 bits per heavy atom. The first-order valence-electron chi connectivity index (χ1n) is 8.29. The molecule has 6 heteroatoms. The molecule has 0 unspecified atom stereocenters. The predicted molar refractivity (Wildman–Crippen MR) is 108 cm³/mol. The van der Waals surface area contributed by atoms with E-state index in [4.69, 9.17) is 23.2 Å². The lowest BCUT2D eigenvalue weighted by molar-refractivity contribution is 0.0994. The number of amides is 2. The number of nitrogens with zero attached hydrogens (tertiary/aromatic N) is 1. The Hall–Kier alpha value is -2.82. The molecule has 0 aliphatic carbocycles. The molecular weight excluding hydrogens is 383 g/mol. The van der Waals surface area contributed by atoms with Crippen molar-refractivity contribution in [1.29, 1.82) is 0 Å². The molecule has 0 aromatic heterocycles. The maximum Gasteiger partial charge on any atom is 0.258 e. The fraction of sp³-hybridized carbons (Fsp3) is 0.0476. The molecule has 0 saturated carbocycles. The number of carbonyl (C=O) groups excluding carboxylic acids is 2. The third-order valence-electron chi connectivity index (χ3n) is 4.44. The zero-order valence-corrected chi connectivity index (χ0v) is 15.6. The van der Waals surface area contributed by atoms with Gasteiger partial charge in [-0.25, -0.2) is 0 Å². The number of carbonyl (C=O) groups is 2. The van der Waals surface area contributed by atoms with Crippen LogP contribution in [0.3, 0.4) is 0 Å². The van der Waals surface area contributed by atoms with Crippen molar-refractivity contribution in [3.05, 3.63) is 93.5 Å². The molecule has 4 nitrogen and oxygen atoms in total. The molecular formula is C21H14Cl2N2O2. The van der Waals surface area contributed by atoms with Crippen molar-refractivity contribution in [2.75, 3.05) is 10.2 Å². The number of rotatable bonds is 3. The van der Waals surface area contributed by atoms with Gasteiger partial charge in [0.2, 0.25) is 0 Å². The Kier molecular flexibility index (Phi) is 4.60. The van der Waals surface area contributed by atoms with Gasteiger partial charge in [-0.1, -0.05) is 41.4 Å². The zero-order chi connectivity index (χ0) is 19.0. The van der Waals surface area contributed by atoms with E-state index in [0.29, 0.717) is 39.1 Å². The van der Waals surface area contributed by atoms with Crippen LogP contribution in [0.15, 0.2) is 66.7 Å². The van der Waals surface area contributed by atoms with Crippen molar-refractivity contribution in [3.8, 4) is 0 Å². The summed E-state index contributed by atoms with van der Waals surface area (Å²) in [5, 5.41) is 3.69. The first-order valence-corrected chi connectivity index (χ1v) is 9.05. The van der Waals surface area contributed by atoms with E-state index in [2.05, 4.69) is 5.32 Å². The van der Waals surface area contributed by atoms with E-state index in [9.17, 15) is 9.59 Å². The van der Waals surface area contributed by atoms with Crippen LogP contribution >= 0.6 is 23.2 Å². The number of anilines is 2. The van der Waals surface area contributed by atoms with Gasteiger partial charge in [0.05, 0.1) is 17.3 Å². The molecule has 0 spiro atoms. The van der Waals surface area contributed by atoms with Crippen molar-refractivity contribution in [2.45, 2.75) is 6.54 Å². The Balaban J connectivity index is 1.54. The molecule has 27 heavy (non-hydrogen) atoms. The molecule has 3 aromatic carbocycles. The summed E-state index contributed by atoms with van der Waals surface area (Å²) in [4.78, 5) is 26.6. The van der Waals surface area contributed by atoms with Crippen LogP contribution in [0.2, 0.25) is 10.0 Å². The molecule has 134 valence electrons. The molecule has 0 fully saturated rings. The van der Waals surface area contributed by atoms with E-state index in [1.165, 1.54) is 0 Å². The minimum absolute atomic E-state index is 0.0559. The van der Waals surface area contributed by atoms with Crippen LogP contribution in [-0.4, -0.2) is 11.8 Å². The van der Waals surface area contributed by atoms with Crippen molar-refractivity contribution in [1.82, 2.24) is 0 Å². The van der Waals surface area contributed by atoms with Gasteiger partial charge < -0.3 is 10.2 Å². The second-order valence-corrected chi connectivity index (χ2v) is 7.02. The summed E-state index contributed by atoms with van der Waals surface area (Å²) < 4.78 is 0. The third kappa shape index (κ3) is 3.42. The van der Waals surface area contributed by atoms with Crippen LogP contribution in [0.1, 0.15) is 26.3 Å². The first-order chi connectivity index (χ1) is 13.0. The molecule has 1 aliphatic heterocycles. The molecule has 0 radical (unpaired) electrons. The zero-order valence-electron chi connectivity index (χ0n) is 14.1. The van der Waals surface area contributed by atoms with Gasteiger partial charge in [-0.3, -0.25) is 9.59 Å². The number of benzene rings is 3. The van der Waals surface area contributed by atoms with E-state index in [-0.39, 0.29) is 11.8 Å². The van der Waals surface area contributed by atoms with Crippen LogP contribution in [0.4, 0.5) is 11.4 Å². The SMILES string of the molecule is O=C(Nc1ccc(N2Cc3ccccc3C2=O)cc1Cl)c1ccc(Cl)cc1. The number of hydrogen-bond donors (Lipinski definition) is 1. The highest BCUT2D eigenvalue weighted by Gasteiger charge is 2.28. The van der Waals surface area contributed by atoms with Gasteiger partial charge in [-0.05, 0) is 54.1 Å². The van der Waals surface area contributed by atoms with Crippen LogP contribution in [0.5, 0.6) is 0 Å². The van der Waals surface area contributed by atoms with E-state index in [0.717, 1.165) is 5.56 Å². The molecule has 0 saturated heterocycles. The molecule has 2 amide bonds. The standard InChI is InChI=1S/C21H14Cl2N2O2/c22-15-7-5-13(6-8-15)20(26)24-19-10-9-16(11-18(19)23)25-12-14-3-1-2-4-17(14)21(25)27/h1-11H,12H2,(H,24,26). The van der Waals surface area contributed by atoms with Crippen LogP contribution < -0.4 is 10.2 Å². The predicted octanol–water partition coefficient (Wildman–Crippen LogP) is 5.41. The molecule has 1 heterocycles. The van der Waals surface area contributed by atoms with Crippen molar-refractivity contribution < 1.29 is 9.59 Å². The highest BCUT2D eigenvalue weighted by atomic mass is 35.5. The van der Waals surface area contributed by atoms with Gasteiger partial charge in [0.1, 0.15) is 0 Å². The molecule has 4 rings (SSSR count). The summed E-state index contributed by atoms with van der Waals surface area (Å²) in [6, 6.07) is 19.3. The molecule has 0 bridgehead atoms. The van der Waals surface area contributed by atoms with Gasteiger partial charge in [0, 0.05) is 21.8 Å². The highest BCUT2D eigenvalue weighted by molar-refractivity contribution is 6.34. The second kappa shape index (κ2) is 7.06. The van der Waals surface area contributed by atoms with Gasteiger partial charge in [0.25, 0.3) is 11.8 Å². The Labute approximate surface area is 166 Å². The van der Waals surface area contributed by atoms with E-state index < -0.39 is 0 Å². The van der Waals surface area contributed by atoms with E-state index in [1.54, 1.807) is 47.4 Å². The minimum Gasteiger partial charge on any atom is -0.321 e. The monoisotopic (exact) mass is 396 g/mol. The maximum atomic E-state index is 12.6. The normalized spacial score (nSPS) is 12.8. The van der Waals surface area contributed by atoms with Gasteiger partial charge in [0.15, 0.2) is 0 Å². The number of hydrogen-bond acceptors (Lipinski definition) is 2. The van der Waals surface area contributed by atoms with Crippen LogP contribution in [0, 0.1) is 0 Å². The number of fused-ring (bicyclic) bond motifs is 1. The summed E-state index contributed by atoms with van der Waals surface area (Å²) in [5.74, 6) is -0.342. The molecule has 1 N–H and O–H groups in total. The van der Waals surface area contributed by atoms with Gasteiger partial charge in [-0.2, -0.15) is 0 Å². The minimum atomic E-state index is -0.286. The Bertz CT molecular complexity index is 1050. The fourth-order valence-corrected chi connectivity index (χ4v) is 3.38. The topological polar surface area (TPSA) is 49.4 Å². The second-order valence-electron chi connectivity index (χ2n) is 6.17. The quantitative estimate of drug-likeness (QED) is 0.643. The van der Waals surface area contributed by atoms with Crippen molar-refractivity contribution >= 4 is 46.4 Å². The van der Waals surface area contributed by atoms with Crippen LogP contribution in [0.25, 0.3) is 0 Å². The maximum absolute atomic E-state index is 12.6. The van der Waals surface area contributed by atoms with Crippen molar-refractivity contribution in [3.63, 3.8) is 0 Å². The number of nitrogens with one attached hydrogen (secondary N) is 1. The van der Waals surface area contributed by atoms with Gasteiger partial charge >= 0.3 is 0 Å². The average molecular weight is 397 g/mol. The third-order valence-corrected chi connectivity index (χ3v) is 5.01. The first kappa shape index (κ1) is 17.6.